The fraction of sp³-hybridized carbons (Fsp3) is 0.227. The van der Waals surface area contributed by atoms with Gasteiger partial charge in [0.1, 0.15) is 0 Å². The van der Waals surface area contributed by atoms with E-state index in [4.69, 9.17) is 4.74 Å². The zero-order valence-corrected chi connectivity index (χ0v) is 16.4. The van der Waals surface area contributed by atoms with Crippen molar-refractivity contribution in [1.29, 1.82) is 0 Å². The molecule has 0 aliphatic carbocycles. The molecule has 1 aliphatic rings. The Bertz CT molecular complexity index is 1070. The minimum absolute atomic E-state index is 0.177. The van der Waals surface area contributed by atoms with Crippen LogP contribution >= 0.6 is 0 Å². The predicted octanol–water partition coefficient (Wildman–Crippen LogP) is 3.85. The van der Waals surface area contributed by atoms with E-state index >= 15 is 0 Å². The molecule has 3 aromatic rings. The number of hydrazone groups is 1. The Kier molecular flexibility index (Phi) is 4.47. The van der Waals surface area contributed by atoms with Crippen molar-refractivity contribution in [2.75, 3.05) is 19.0 Å². The zero-order chi connectivity index (χ0) is 19.8. The molecule has 6 nitrogen and oxygen atoms in total. The molecule has 0 radical (unpaired) electrons. The Morgan fingerprint density at radius 2 is 1.82 bits per heavy atom. The van der Waals surface area contributed by atoms with Crippen LogP contribution in [0.5, 0.6) is 0 Å². The van der Waals surface area contributed by atoms with Crippen LogP contribution in [0, 0.1) is 6.92 Å². The molecule has 142 valence electrons. The molecule has 1 aliphatic heterocycles. The highest BCUT2D eigenvalue weighted by molar-refractivity contribution is 5.97. The number of carbonyl (C=O) groups excluding carboxylic acids is 1. The first-order chi connectivity index (χ1) is 13.4. The van der Waals surface area contributed by atoms with Gasteiger partial charge in [0.05, 0.1) is 5.52 Å². The SMILES string of the molecule is CC(=O)N1N=C(c2ccc(N(C)C)cc2)OC1c1cc(C)nc2ccccc12. The summed E-state index contributed by atoms with van der Waals surface area (Å²) in [5.41, 5.74) is 4.52. The molecule has 1 atom stereocenters. The van der Waals surface area contributed by atoms with E-state index in [-0.39, 0.29) is 5.91 Å². The normalized spacial score (nSPS) is 16.1. The maximum absolute atomic E-state index is 12.3. The molecule has 0 N–H and O–H groups in total. The molecule has 1 amide bonds. The number of anilines is 1. The van der Waals surface area contributed by atoms with Crippen molar-refractivity contribution in [3.8, 4) is 0 Å². The fourth-order valence-corrected chi connectivity index (χ4v) is 3.33. The fourth-order valence-electron chi connectivity index (χ4n) is 3.33. The smallest absolute Gasteiger partial charge is 0.243 e. The summed E-state index contributed by atoms with van der Waals surface area (Å²) in [7, 11) is 3.98. The third-order valence-corrected chi connectivity index (χ3v) is 4.74. The number of carbonyl (C=O) groups is 1. The Balaban J connectivity index is 1.75. The van der Waals surface area contributed by atoms with Gasteiger partial charge in [0.25, 0.3) is 0 Å². The van der Waals surface area contributed by atoms with Gasteiger partial charge in [-0.2, -0.15) is 5.01 Å². The number of benzene rings is 2. The quantitative estimate of drug-likeness (QED) is 0.699. The molecule has 0 spiro atoms. The predicted molar refractivity (Wildman–Crippen MR) is 110 cm³/mol. The third kappa shape index (κ3) is 3.17. The summed E-state index contributed by atoms with van der Waals surface area (Å²) < 4.78 is 6.18. The molecule has 0 fully saturated rings. The Morgan fingerprint density at radius 3 is 2.50 bits per heavy atom. The summed E-state index contributed by atoms with van der Waals surface area (Å²) in [4.78, 5) is 18.9. The lowest BCUT2D eigenvalue weighted by Crippen LogP contribution is -2.25. The van der Waals surface area contributed by atoms with Crippen LogP contribution in [0.15, 0.2) is 59.7 Å². The van der Waals surface area contributed by atoms with Gasteiger partial charge in [-0.1, -0.05) is 18.2 Å². The van der Waals surface area contributed by atoms with E-state index in [0.29, 0.717) is 5.90 Å². The van der Waals surface area contributed by atoms with Gasteiger partial charge in [-0.25, -0.2) is 0 Å². The van der Waals surface area contributed by atoms with Crippen LogP contribution in [-0.4, -0.2) is 35.9 Å². The van der Waals surface area contributed by atoms with Gasteiger partial charge in [0.15, 0.2) is 0 Å². The van der Waals surface area contributed by atoms with E-state index in [1.807, 2.05) is 80.5 Å². The van der Waals surface area contributed by atoms with E-state index in [9.17, 15) is 4.79 Å². The van der Waals surface area contributed by atoms with E-state index in [1.165, 1.54) is 11.9 Å². The number of pyridine rings is 1. The van der Waals surface area contributed by atoms with Crippen molar-refractivity contribution in [1.82, 2.24) is 9.99 Å². The largest absolute Gasteiger partial charge is 0.446 e. The number of aromatic nitrogens is 1. The van der Waals surface area contributed by atoms with Crippen molar-refractivity contribution in [2.45, 2.75) is 20.1 Å². The molecule has 0 saturated heterocycles. The monoisotopic (exact) mass is 374 g/mol. The highest BCUT2D eigenvalue weighted by Crippen LogP contribution is 2.34. The second-order valence-electron chi connectivity index (χ2n) is 7.05. The lowest BCUT2D eigenvalue weighted by molar-refractivity contribution is -0.135. The van der Waals surface area contributed by atoms with Gasteiger partial charge in [0.2, 0.25) is 18.0 Å². The molecular formula is C22H22N4O2. The van der Waals surface area contributed by atoms with E-state index in [0.717, 1.165) is 33.4 Å². The first-order valence-corrected chi connectivity index (χ1v) is 9.13. The number of para-hydroxylation sites is 1. The standard InChI is InChI=1S/C22H22N4O2/c1-14-13-19(18-7-5-6-8-20(18)23-14)22-26(15(2)27)24-21(28-22)16-9-11-17(12-10-16)25(3)4/h5-13,22H,1-4H3. The minimum atomic E-state index is -0.618. The topological polar surface area (TPSA) is 58.0 Å². The average Bonchev–Trinajstić information content (AvgIpc) is 3.13. The third-order valence-electron chi connectivity index (χ3n) is 4.74. The molecule has 6 heteroatoms. The van der Waals surface area contributed by atoms with Gasteiger partial charge >= 0.3 is 0 Å². The van der Waals surface area contributed by atoms with Gasteiger partial charge in [-0.15, -0.1) is 5.10 Å². The first kappa shape index (κ1) is 18.0. The van der Waals surface area contributed by atoms with Crippen LogP contribution in [-0.2, 0) is 9.53 Å². The van der Waals surface area contributed by atoms with E-state index in [1.54, 1.807) is 0 Å². The summed E-state index contributed by atoms with van der Waals surface area (Å²) in [5.74, 6) is 0.257. The molecule has 0 saturated carbocycles. The van der Waals surface area contributed by atoms with Crippen LogP contribution in [0.2, 0.25) is 0 Å². The number of amides is 1. The number of fused-ring (bicyclic) bond motifs is 1. The van der Waals surface area contributed by atoms with Crippen molar-refractivity contribution < 1.29 is 9.53 Å². The first-order valence-electron chi connectivity index (χ1n) is 9.13. The van der Waals surface area contributed by atoms with Crippen LogP contribution in [0.3, 0.4) is 0 Å². The summed E-state index contributed by atoms with van der Waals surface area (Å²) in [6, 6.07) is 17.7. The van der Waals surface area contributed by atoms with Crippen LogP contribution in [0.4, 0.5) is 5.69 Å². The number of ether oxygens (including phenoxy) is 1. The Labute approximate surface area is 164 Å². The molecule has 2 heterocycles. The maximum Gasteiger partial charge on any atom is 0.243 e. The van der Waals surface area contributed by atoms with Crippen LogP contribution < -0.4 is 4.90 Å². The zero-order valence-electron chi connectivity index (χ0n) is 16.4. The second-order valence-corrected chi connectivity index (χ2v) is 7.05. The Morgan fingerprint density at radius 1 is 1.11 bits per heavy atom. The lowest BCUT2D eigenvalue weighted by Gasteiger charge is -2.21. The maximum atomic E-state index is 12.3. The summed E-state index contributed by atoms with van der Waals surface area (Å²) in [5, 5.41) is 6.82. The van der Waals surface area contributed by atoms with E-state index < -0.39 is 6.23 Å². The van der Waals surface area contributed by atoms with E-state index in [2.05, 4.69) is 10.1 Å². The number of nitrogens with zero attached hydrogens (tertiary/aromatic N) is 4. The molecule has 1 unspecified atom stereocenters. The number of hydrogen-bond acceptors (Lipinski definition) is 5. The molecule has 1 aromatic heterocycles. The molecule has 2 aromatic carbocycles. The molecule has 0 bridgehead atoms. The van der Waals surface area contributed by atoms with Crippen molar-refractivity contribution in [3.63, 3.8) is 0 Å². The van der Waals surface area contributed by atoms with Gasteiger partial charge in [-0.05, 0) is 43.3 Å². The minimum Gasteiger partial charge on any atom is -0.446 e. The van der Waals surface area contributed by atoms with Crippen molar-refractivity contribution in [3.05, 3.63) is 71.4 Å². The van der Waals surface area contributed by atoms with Crippen LogP contribution in [0.1, 0.15) is 30.0 Å². The molecule has 4 rings (SSSR count). The number of aryl methyl sites for hydroxylation is 1. The summed E-state index contributed by atoms with van der Waals surface area (Å²) in [6.45, 7) is 3.43. The number of hydrogen-bond donors (Lipinski definition) is 0. The molecular weight excluding hydrogens is 352 g/mol. The lowest BCUT2D eigenvalue weighted by atomic mass is 10.1. The van der Waals surface area contributed by atoms with Crippen molar-refractivity contribution >= 4 is 28.4 Å². The summed E-state index contributed by atoms with van der Waals surface area (Å²) >= 11 is 0. The average molecular weight is 374 g/mol. The van der Waals surface area contributed by atoms with Gasteiger partial charge < -0.3 is 9.64 Å². The van der Waals surface area contributed by atoms with Crippen LogP contribution in [0.25, 0.3) is 10.9 Å². The van der Waals surface area contributed by atoms with Crippen molar-refractivity contribution in [2.24, 2.45) is 5.10 Å². The molecule has 28 heavy (non-hydrogen) atoms. The summed E-state index contributed by atoms with van der Waals surface area (Å²) in [6.07, 6.45) is -0.618. The highest BCUT2D eigenvalue weighted by Gasteiger charge is 2.34. The Hall–Kier alpha value is -3.41. The highest BCUT2D eigenvalue weighted by atomic mass is 16.5. The van der Waals surface area contributed by atoms with Gasteiger partial charge in [-0.3, -0.25) is 9.78 Å². The second kappa shape index (κ2) is 6.96. The number of rotatable bonds is 3. The van der Waals surface area contributed by atoms with Gasteiger partial charge in [0, 0.05) is 48.9 Å².